The predicted octanol–water partition coefficient (Wildman–Crippen LogP) is 2.63. The Bertz CT molecular complexity index is 169. The van der Waals surface area contributed by atoms with Gasteiger partial charge in [-0.3, -0.25) is 9.59 Å². The van der Waals surface area contributed by atoms with E-state index < -0.39 is 0 Å². The van der Waals surface area contributed by atoms with Gasteiger partial charge in [0.15, 0.2) is 5.78 Å². The third-order valence-corrected chi connectivity index (χ3v) is 1.43. The van der Waals surface area contributed by atoms with Crippen LogP contribution in [-0.2, 0) is 9.59 Å². The third-order valence-electron chi connectivity index (χ3n) is 1.43. The average molecular weight is 184 g/mol. The van der Waals surface area contributed by atoms with Crippen molar-refractivity contribution in [3.05, 3.63) is 12.7 Å². The van der Waals surface area contributed by atoms with Crippen molar-refractivity contribution in [1.82, 2.24) is 0 Å². The van der Waals surface area contributed by atoms with Gasteiger partial charge in [-0.1, -0.05) is 34.3 Å². The second-order valence-electron chi connectivity index (χ2n) is 3.53. The van der Waals surface area contributed by atoms with Crippen molar-refractivity contribution in [2.75, 3.05) is 0 Å². The summed E-state index contributed by atoms with van der Waals surface area (Å²) in [4.78, 5) is 20.5. The van der Waals surface area contributed by atoms with Crippen molar-refractivity contribution < 1.29 is 9.59 Å². The molecule has 0 N–H and O–H groups in total. The molecule has 0 rings (SSSR count). The number of allylic oxidation sites excluding steroid dienone is 1. The first kappa shape index (κ1) is 14.6. The molecule has 0 fully saturated rings. The summed E-state index contributed by atoms with van der Waals surface area (Å²) < 4.78 is 0. The van der Waals surface area contributed by atoms with Gasteiger partial charge in [0.25, 0.3) is 0 Å². The molecule has 0 bridgehead atoms. The number of hydrogen-bond acceptors (Lipinski definition) is 2. The predicted molar refractivity (Wildman–Crippen MR) is 55.6 cm³/mol. The Balaban J connectivity index is 0. The minimum atomic E-state index is 0.0185. The van der Waals surface area contributed by atoms with E-state index in [1.54, 1.807) is 0 Å². The molecule has 2 nitrogen and oxygen atoms in total. The Morgan fingerprint density at radius 2 is 1.31 bits per heavy atom. The van der Waals surface area contributed by atoms with Crippen LogP contribution in [0.4, 0.5) is 0 Å². The topological polar surface area (TPSA) is 34.1 Å². The van der Waals surface area contributed by atoms with Gasteiger partial charge in [-0.25, -0.2) is 0 Å². The molecule has 0 aromatic rings. The van der Waals surface area contributed by atoms with Gasteiger partial charge in [0.05, 0.1) is 0 Å². The highest BCUT2D eigenvalue weighted by Crippen LogP contribution is 2.03. The molecule has 0 aromatic carbocycles. The summed E-state index contributed by atoms with van der Waals surface area (Å²) in [6, 6.07) is 0. The highest BCUT2D eigenvalue weighted by atomic mass is 16.1. The third kappa shape index (κ3) is 11.1. The zero-order valence-electron chi connectivity index (χ0n) is 9.26. The number of carbonyl (C=O) groups excluding carboxylic acids is 2. The van der Waals surface area contributed by atoms with E-state index in [1.807, 2.05) is 27.7 Å². The van der Waals surface area contributed by atoms with Crippen LogP contribution >= 0.6 is 0 Å². The van der Waals surface area contributed by atoms with Crippen molar-refractivity contribution in [3.8, 4) is 0 Å². The molecule has 0 saturated carbocycles. The Kier molecular flexibility index (Phi) is 8.66. The minimum absolute atomic E-state index is 0.0185. The molecule has 0 aliphatic heterocycles. The van der Waals surface area contributed by atoms with Crippen LogP contribution in [0.3, 0.4) is 0 Å². The van der Waals surface area contributed by atoms with Gasteiger partial charge >= 0.3 is 0 Å². The van der Waals surface area contributed by atoms with Crippen LogP contribution < -0.4 is 0 Å². The lowest BCUT2D eigenvalue weighted by atomic mass is 9.99. The van der Waals surface area contributed by atoms with Crippen LogP contribution in [0.5, 0.6) is 0 Å². The lowest BCUT2D eigenvalue weighted by Gasteiger charge is -2.05. The first-order valence-electron chi connectivity index (χ1n) is 4.49. The number of Topliss-reactive ketones (excluding diaryl/α,β-unsaturated/α-hetero) is 1. The molecule has 0 saturated heterocycles. The van der Waals surface area contributed by atoms with Gasteiger partial charge in [-0.05, 0) is 13.0 Å². The summed E-state index contributed by atoms with van der Waals surface area (Å²) in [5.41, 5.74) is 0. The lowest BCUT2D eigenvalue weighted by Crippen LogP contribution is -2.13. The molecule has 0 heterocycles. The second kappa shape index (κ2) is 7.71. The standard InChI is InChI=1S/C7H14O.C4H6O/c1-5(2)7(8)6(3)4;1-3-4(2)5/h5-6H,1-4H3;3H,1H2,2H3. The Labute approximate surface area is 81.0 Å². The SMILES string of the molecule is C=CC(C)=O.CC(C)C(=O)C(C)C. The fraction of sp³-hybridized carbons (Fsp3) is 0.636. The summed E-state index contributed by atoms with van der Waals surface area (Å²) in [5, 5.41) is 0. The van der Waals surface area contributed by atoms with Crippen LogP contribution in [0.1, 0.15) is 34.6 Å². The average Bonchev–Trinajstić information content (AvgIpc) is 2.03. The van der Waals surface area contributed by atoms with Crippen molar-refractivity contribution >= 4 is 11.6 Å². The number of hydrogen-bond donors (Lipinski definition) is 0. The zero-order valence-corrected chi connectivity index (χ0v) is 9.26. The molecule has 0 aliphatic rings. The van der Waals surface area contributed by atoms with E-state index in [1.165, 1.54) is 13.0 Å². The molecule has 0 spiro atoms. The van der Waals surface area contributed by atoms with Crippen molar-refractivity contribution in [2.45, 2.75) is 34.6 Å². The smallest absolute Gasteiger partial charge is 0.152 e. The summed E-state index contributed by atoms with van der Waals surface area (Å²) in [6.07, 6.45) is 1.28. The largest absolute Gasteiger partial charge is 0.299 e. The molecule has 0 atom stereocenters. The van der Waals surface area contributed by atoms with Gasteiger partial charge < -0.3 is 0 Å². The highest BCUT2D eigenvalue weighted by molar-refractivity contribution is 5.86. The maximum atomic E-state index is 10.8. The van der Waals surface area contributed by atoms with E-state index >= 15 is 0 Å². The summed E-state index contributed by atoms with van der Waals surface area (Å²) >= 11 is 0. The molecule has 0 aromatic heterocycles. The second-order valence-corrected chi connectivity index (χ2v) is 3.53. The summed E-state index contributed by atoms with van der Waals surface area (Å²) in [5.74, 6) is 0.778. The van der Waals surface area contributed by atoms with Gasteiger partial charge in [0.2, 0.25) is 0 Å². The molecule has 13 heavy (non-hydrogen) atoms. The van der Waals surface area contributed by atoms with E-state index in [9.17, 15) is 9.59 Å². The Morgan fingerprint density at radius 3 is 1.31 bits per heavy atom. The lowest BCUT2D eigenvalue weighted by molar-refractivity contribution is -0.124. The van der Waals surface area contributed by atoms with Gasteiger partial charge in [0, 0.05) is 11.8 Å². The molecule has 0 radical (unpaired) electrons. The van der Waals surface area contributed by atoms with Gasteiger partial charge in [-0.15, -0.1) is 0 Å². The first-order chi connectivity index (χ1) is 5.82. The van der Waals surface area contributed by atoms with Crippen LogP contribution in [0.2, 0.25) is 0 Å². The Hall–Kier alpha value is -0.920. The quantitative estimate of drug-likeness (QED) is 0.632. The maximum Gasteiger partial charge on any atom is 0.152 e. The van der Waals surface area contributed by atoms with Crippen molar-refractivity contribution in [2.24, 2.45) is 11.8 Å². The van der Waals surface area contributed by atoms with Crippen LogP contribution in [0, 0.1) is 11.8 Å². The minimum Gasteiger partial charge on any atom is -0.299 e. The fourth-order valence-electron chi connectivity index (χ4n) is 0.667. The van der Waals surface area contributed by atoms with E-state index in [4.69, 9.17) is 0 Å². The van der Waals surface area contributed by atoms with E-state index in [-0.39, 0.29) is 17.6 Å². The van der Waals surface area contributed by atoms with Crippen LogP contribution in [-0.4, -0.2) is 11.6 Å². The maximum absolute atomic E-state index is 10.8. The van der Waals surface area contributed by atoms with Crippen molar-refractivity contribution in [3.63, 3.8) is 0 Å². The highest BCUT2D eigenvalue weighted by Gasteiger charge is 2.09. The van der Waals surface area contributed by atoms with Crippen LogP contribution in [0.15, 0.2) is 12.7 Å². The van der Waals surface area contributed by atoms with Gasteiger partial charge in [-0.2, -0.15) is 0 Å². The summed E-state index contributed by atoms with van der Waals surface area (Å²) in [6.45, 7) is 12.4. The molecule has 0 unspecified atom stereocenters. The number of ketones is 2. The molecule has 0 aliphatic carbocycles. The first-order valence-corrected chi connectivity index (χ1v) is 4.49. The molecular weight excluding hydrogens is 164 g/mol. The fourth-order valence-corrected chi connectivity index (χ4v) is 0.667. The van der Waals surface area contributed by atoms with E-state index in [0.29, 0.717) is 5.78 Å². The summed E-state index contributed by atoms with van der Waals surface area (Å²) in [7, 11) is 0. The molecule has 0 amide bonds. The number of carbonyl (C=O) groups is 2. The zero-order chi connectivity index (χ0) is 11.0. The molecule has 76 valence electrons. The van der Waals surface area contributed by atoms with Crippen molar-refractivity contribution in [1.29, 1.82) is 0 Å². The van der Waals surface area contributed by atoms with E-state index in [0.717, 1.165) is 0 Å². The molecular formula is C11H20O2. The number of rotatable bonds is 3. The van der Waals surface area contributed by atoms with Gasteiger partial charge in [0.1, 0.15) is 5.78 Å². The molecule has 2 heteroatoms. The Morgan fingerprint density at radius 1 is 1.08 bits per heavy atom. The normalized spacial score (nSPS) is 9.15. The monoisotopic (exact) mass is 184 g/mol. The van der Waals surface area contributed by atoms with E-state index in [2.05, 4.69) is 6.58 Å². The van der Waals surface area contributed by atoms with Crippen LogP contribution in [0.25, 0.3) is 0 Å².